The van der Waals surface area contributed by atoms with Crippen LogP contribution < -0.4 is 10.1 Å². The van der Waals surface area contributed by atoms with E-state index >= 15 is 0 Å². The van der Waals surface area contributed by atoms with Crippen LogP contribution in [-0.2, 0) is 16.0 Å². The Morgan fingerprint density at radius 1 is 1.16 bits per heavy atom. The van der Waals surface area contributed by atoms with Crippen LogP contribution in [0.2, 0.25) is 10.0 Å². The van der Waals surface area contributed by atoms with Crippen LogP contribution in [-0.4, -0.2) is 53.0 Å². The number of carboxylic acid groups (broad SMARTS) is 1. The van der Waals surface area contributed by atoms with E-state index in [-0.39, 0.29) is 34.0 Å². The van der Waals surface area contributed by atoms with Crippen LogP contribution in [0.4, 0.5) is 0 Å². The molecule has 2 atom stereocenters. The van der Waals surface area contributed by atoms with E-state index in [0.29, 0.717) is 17.9 Å². The number of likely N-dealkylation sites (tertiary alicyclic amines) is 1. The molecule has 32 heavy (non-hydrogen) atoms. The summed E-state index contributed by atoms with van der Waals surface area (Å²) in [6, 6.07) is 10.5. The Bertz CT molecular complexity index is 976. The number of hydrogen-bond acceptors (Lipinski definition) is 4. The summed E-state index contributed by atoms with van der Waals surface area (Å²) in [5.74, 6) is -1.15. The predicted molar refractivity (Wildman–Crippen MR) is 121 cm³/mol. The highest BCUT2D eigenvalue weighted by Crippen LogP contribution is 2.24. The quantitative estimate of drug-likeness (QED) is 0.601. The van der Waals surface area contributed by atoms with Crippen molar-refractivity contribution in [2.24, 2.45) is 0 Å². The number of amides is 2. The molecule has 7 nitrogen and oxygen atoms in total. The van der Waals surface area contributed by atoms with Gasteiger partial charge < -0.3 is 20.1 Å². The summed E-state index contributed by atoms with van der Waals surface area (Å²) in [6.07, 6.45) is 1.95. The maximum atomic E-state index is 12.5. The lowest BCUT2D eigenvalue weighted by Gasteiger charge is -2.23. The maximum Gasteiger partial charge on any atom is 0.326 e. The number of nitrogens with one attached hydrogen (secondary N) is 1. The molecule has 1 aliphatic rings. The van der Waals surface area contributed by atoms with Gasteiger partial charge in [0.15, 0.2) is 0 Å². The van der Waals surface area contributed by atoms with Crippen LogP contribution in [0.5, 0.6) is 5.75 Å². The number of carbonyl (C=O) groups excluding carboxylic acids is 2. The number of aliphatic carboxylic acids is 1. The predicted octanol–water partition coefficient (Wildman–Crippen LogP) is 3.81. The fraction of sp³-hybridized carbons (Fsp3) is 0.348. The Kier molecular flexibility index (Phi) is 7.99. The Morgan fingerprint density at radius 2 is 1.81 bits per heavy atom. The second-order valence-corrected chi connectivity index (χ2v) is 8.44. The Hall–Kier alpha value is -2.77. The zero-order chi connectivity index (χ0) is 23.3. The van der Waals surface area contributed by atoms with Crippen molar-refractivity contribution in [1.29, 1.82) is 0 Å². The molecule has 0 aliphatic carbocycles. The molecule has 2 aromatic carbocycles. The van der Waals surface area contributed by atoms with Crippen molar-refractivity contribution >= 4 is 41.0 Å². The van der Waals surface area contributed by atoms with Gasteiger partial charge >= 0.3 is 5.97 Å². The van der Waals surface area contributed by atoms with Crippen molar-refractivity contribution in [3.63, 3.8) is 0 Å². The van der Waals surface area contributed by atoms with Gasteiger partial charge in [-0.1, -0.05) is 41.4 Å². The van der Waals surface area contributed by atoms with E-state index in [1.54, 1.807) is 37.3 Å². The number of ether oxygens (including phenoxy) is 1. The molecule has 0 spiro atoms. The van der Waals surface area contributed by atoms with Gasteiger partial charge in [-0.05, 0) is 42.7 Å². The smallest absolute Gasteiger partial charge is 0.326 e. The highest BCUT2D eigenvalue weighted by molar-refractivity contribution is 6.39. The van der Waals surface area contributed by atoms with Crippen LogP contribution >= 0.6 is 23.2 Å². The molecule has 0 saturated carbocycles. The van der Waals surface area contributed by atoms with E-state index in [4.69, 9.17) is 27.9 Å². The summed E-state index contributed by atoms with van der Waals surface area (Å²) in [7, 11) is 0. The molecule has 1 heterocycles. The number of halogens is 2. The molecule has 1 saturated heterocycles. The van der Waals surface area contributed by atoms with E-state index in [1.807, 2.05) is 4.90 Å². The molecule has 0 bridgehead atoms. The molecule has 2 N–H and O–H groups in total. The summed E-state index contributed by atoms with van der Waals surface area (Å²) in [6.45, 7) is 2.72. The molecular weight excluding hydrogens is 455 g/mol. The van der Waals surface area contributed by atoms with Gasteiger partial charge in [0, 0.05) is 19.9 Å². The van der Waals surface area contributed by atoms with Gasteiger partial charge in [-0.3, -0.25) is 9.59 Å². The zero-order valence-electron chi connectivity index (χ0n) is 17.5. The summed E-state index contributed by atoms with van der Waals surface area (Å²) >= 11 is 12.1. The lowest BCUT2D eigenvalue weighted by molar-refractivity contribution is -0.139. The standard InChI is InChI=1S/C23H24Cl2N2O5/c1-14(28)27-11-3-4-16(27)13-32-17-9-7-15(8-10-17)12-20(23(30)31)26-22(29)21-18(24)5-2-6-19(21)25/h2,5-10,16,20H,3-4,11-13H2,1H3,(H,26,29)(H,30,31)/t16-,20+/m1/s1. The highest BCUT2D eigenvalue weighted by Gasteiger charge is 2.27. The molecular formula is C23H24Cl2N2O5. The van der Waals surface area contributed by atoms with E-state index in [9.17, 15) is 19.5 Å². The second-order valence-electron chi connectivity index (χ2n) is 7.63. The Balaban J connectivity index is 1.60. The first kappa shape index (κ1) is 23.9. The molecule has 2 amide bonds. The molecule has 0 aromatic heterocycles. The van der Waals surface area contributed by atoms with Crippen molar-refractivity contribution in [2.45, 2.75) is 38.3 Å². The summed E-state index contributed by atoms with van der Waals surface area (Å²) < 4.78 is 5.82. The van der Waals surface area contributed by atoms with Gasteiger partial charge in [0.2, 0.25) is 5.91 Å². The molecule has 9 heteroatoms. The number of benzene rings is 2. The third kappa shape index (κ3) is 5.93. The SMILES string of the molecule is CC(=O)N1CCC[C@@H]1COc1ccc(C[C@H](NC(=O)c2c(Cl)cccc2Cl)C(=O)O)cc1. The molecule has 170 valence electrons. The third-order valence-corrected chi connectivity index (χ3v) is 6.01. The lowest BCUT2D eigenvalue weighted by Crippen LogP contribution is -2.42. The minimum Gasteiger partial charge on any atom is -0.491 e. The van der Waals surface area contributed by atoms with Gasteiger partial charge in [-0.25, -0.2) is 4.79 Å². The van der Waals surface area contributed by atoms with Gasteiger partial charge in [-0.2, -0.15) is 0 Å². The summed E-state index contributed by atoms with van der Waals surface area (Å²) in [4.78, 5) is 37.7. The van der Waals surface area contributed by atoms with Crippen molar-refractivity contribution < 1.29 is 24.2 Å². The van der Waals surface area contributed by atoms with Gasteiger partial charge in [0.05, 0.1) is 21.7 Å². The normalized spacial score (nSPS) is 16.5. The fourth-order valence-electron chi connectivity index (χ4n) is 3.72. The van der Waals surface area contributed by atoms with Crippen LogP contribution in [0.25, 0.3) is 0 Å². The number of rotatable bonds is 8. The minimum absolute atomic E-state index is 0.0392. The number of nitrogens with zero attached hydrogens (tertiary/aromatic N) is 1. The van der Waals surface area contributed by atoms with E-state index in [0.717, 1.165) is 19.4 Å². The zero-order valence-corrected chi connectivity index (χ0v) is 19.0. The highest BCUT2D eigenvalue weighted by atomic mass is 35.5. The fourth-order valence-corrected chi connectivity index (χ4v) is 4.29. The lowest BCUT2D eigenvalue weighted by atomic mass is 10.1. The minimum atomic E-state index is -1.17. The van der Waals surface area contributed by atoms with Crippen LogP contribution in [0.3, 0.4) is 0 Å². The maximum absolute atomic E-state index is 12.5. The Labute approximate surface area is 196 Å². The van der Waals surface area contributed by atoms with Crippen LogP contribution in [0.1, 0.15) is 35.7 Å². The third-order valence-electron chi connectivity index (χ3n) is 5.38. The molecule has 1 aliphatic heterocycles. The average molecular weight is 479 g/mol. The largest absolute Gasteiger partial charge is 0.491 e. The van der Waals surface area contributed by atoms with Gasteiger partial charge in [0.1, 0.15) is 18.4 Å². The second kappa shape index (κ2) is 10.7. The molecule has 0 radical (unpaired) electrons. The number of carboxylic acids is 1. The van der Waals surface area contributed by atoms with Crippen LogP contribution in [0.15, 0.2) is 42.5 Å². The first-order valence-corrected chi connectivity index (χ1v) is 11.0. The van der Waals surface area contributed by atoms with E-state index < -0.39 is 17.9 Å². The molecule has 1 fully saturated rings. The van der Waals surface area contributed by atoms with Crippen molar-refractivity contribution in [2.75, 3.05) is 13.2 Å². The molecule has 0 unspecified atom stereocenters. The average Bonchev–Trinajstić information content (AvgIpc) is 3.21. The number of carbonyl (C=O) groups is 3. The Morgan fingerprint density at radius 3 is 2.41 bits per heavy atom. The van der Waals surface area contributed by atoms with Crippen LogP contribution in [0, 0.1) is 0 Å². The molecule has 3 rings (SSSR count). The first-order valence-electron chi connectivity index (χ1n) is 10.2. The summed E-state index contributed by atoms with van der Waals surface area (Å²) in [5.41, 5.74) is 0.749. The van der Waals surface area contributed by atoms with E-state index in [2.05, 4.69) is 5.32 Å². The first-order chi connectivity index (χ1) is 15.3. The van der Waals surface area contributed by atoms with E-state index in [1.165, 1.54) is 12.1 Å². The molecule has 2 aromatic rings. The summed E-state index contributed by atoms with van der Waals surface area (Å²) in [5, 5.41) is 12.3. The van der Waals surface area contributed by atoms with Crippen molar-refractivity contribution in [3.05, 3.63) is 63.6 Å². The topological polar surface area (TPSA) is 95.9 Å². The van der Waals surface area contributed by atoms with Gasteiger partial charge in [-0.15, -0.1) is 0 Å². The van der Waals surface area contributed by atoms with Crippen molar-refractivity contribution in [3.8, 4) is 5.75 Å². The van der Waals surface area contributed by atoms with Gasteiger partial charge in [0.25, 0.3) is 5.91 Å². The van der Waals surface area contributed by atoms with Crippen molar-refractivity contribution in [1.82, 2.24) is 10.2 Å². The number of hydrogen-bond donors (Lipinski definition) is 2. The monoisotopic (exact) mass is 478 g/mol.